The summed E-state index contributed by atoms with van der Waals surface area (Å²) in [5.41, 5.74) is 1.95. The highest BCUT2D eigenvalue weighted by Crippen LogP contribution is 2.35. The van der Waals surface area contributed by atoms with Crippen molar-refractivity contribution in [3.05, 3.63) is 59.7 Å². The van der Waals surface area contributed by atoms with Crippen LogP contribution in [0.25, 0.3) is 0 Å². The lowest BCUT2D eigenvalue weighted by atomic mass is 9.97. The quantitative estimate of drug-likeness (QED) is 0.790. The van der Waals surface area contributed by atoms with Gasteiger partial charge in [0.05, 0.1) is 0 Å². The van der Waals surface area contributed by atoms with Crippen LogP contribution in [0.4, 0.5) is 0 Å². The fourth-order valence-electron chi connectivity index (χ4n) is 2.18. The van der Waals surface area contributed by atoms with Crippen molar-refractivity contribution in [2.75, 3.05) is 0 Å². The van der Waals surface area contributed by atoms with Crippen LogP contribution in [-0.4, -0.2) is 9.97 Å². The van der Waals surface area contributed by atoms with E-state index in [9.17, 15) is 5.11 Å². The zero-order chi connectivity index (χ0) is 12.5. The molecule has 1 aliphatic heterocycles. The second kappa shape index (κ2) is 4.42. The Balaban J connectivity index is 1.97. The van der Waals surface area contributed by atoms with Crippen LogP contribution in [0, 0.1) is 0 Å². The molecule has 18 heavy (non-hydrogen) atoms. The van der Waals surface area contributed by atoms with E-state index >= 15 is 0 Å². The Kier molecular flexibility index (Phi) is 2.76. The predicted molar refractivity (Wildman–Crippen MR) is 74.2 cm³/mol. The van der Waals surface area contributed by atoms with Gasteiger partial charge in [-0.2, -0.15) is 0 Å². The van der Waals surface area contributed by atoms with Crippen LogP contribution in [0.3, 0.4) is 0 Å². The highest BCUT2D eigenvalue weighted by atomic mass is 32.1. The van der Waals surface area contributed by atoms with Gasteiger partial charge in [-0.1, -0.05) is 42.5 Å². The Bertz CT molecular complexity index is 607. The summed E-state index contributed by atoms with van der Waals surface area (Å²) < 4.78 is 5.94. The second-order valence-corrected chi connectivity index (χ2v) is 4.82. The van der Waals surface area contributed by atoms with Crippen LogP contribution in [0.2, 0.25) is 0 Å². The molecule has 1 atom stereocenters. The van der Waals surface area contributed by atoms with Gasteiger partial charge in [0.2, 0.25) is 0 Å². The van der Waals surface area contributed by atoms with Crippen molar-refractivity contribution in [3.8, 4) is 11.5 Å². The van der Waals surface area contributed by atoms with Crippen LogP contribution in [0.5, 0.6) is 11.5 Å². The predicted octanol–water partition coefficient (Wildman–Crippen LogP) is 3.63. The fraction of sp³-hybridized carbons (Fsp3) is 0.133. The largest absolute Gasteiger partial charge is 0.508 e. The van der Waals surface area contributed by atoms with Crippen molar-refractivity contribution in [3.63, 3.8) is 0 Å². The van der Waals surface area contributed by atoms with Crippen molar-refractivity contribution < 1.29 is 9.84 Å². The molecule has 0 amide bonds. The summed E-state index contributed by atoms with van der Waals surface area (Å²) in [6.07, 6.45) is 0.565. The molecule has 1 aliphatic rings. The van der Waals surface area contributed by atoms with E-state index in [1.807, 2.05) is 36.4 Å². The molecule has 0 spiro atoms. The first kappa shape index (κ1) is 11.2. The molecule has 0 radical (unpaired) electrons. The molecule has 0 saturated carbocycles. The van der Waals surface area contributed by atoms with Crippen molar-refractivity contribution in [1.29, 1.82) is 0 Å². The van der Waals surface area contributed by atoms with Crippen molar-refractivity contribution in [2.24, 2.45) is 0 Å². The van der Waals surface area contributed by atoms with Gasteiger partial charge in [-0.3, -0.25) is 0 Å². The van der Waals surface area contributed by atoms with Gasteiger partial charge >= 0.3 is 0 Å². The molecular weight excluding hydrogens is 244 g/mol. The number of benzene rings is 2. The third-order valence-electron chi connectivity index (χ3n) is 3.07. The van der Waals surface area contributed by atoms with Crippen LogP contribution in [0.15, 0.2) is 48.5 Å². The van der Waals surface area contributed by atoms with Crippen molar-refractivity contribution in [1.82, 2.24) is 0 Å². The summed E-state index contributed by atoms with van der Waals surface area (Å²) in [6, 6.07) is 14.9. The zero-order valence-corrected chi connectivity index (χ0v) is 10.5. The first-order chi connectivity index (χ1) is 8.74. The molecule has 2 aromatic rings. The van der Waals surface area contributed by atoms with Gasteiger partial charge in [-0.15, -0.1) is 0 Å². The number of thiocarbonyl (C=S) groups is 1. The molecule has 0 saturated heterocycles. The molecule has 3 rings (SSSR count). The smallest absolute Gasteiger partial charge is 0.129 e. The molecule has 0 fully saturated rings. The maximum Gasteiger partial charge on any atom is 0.129 e. The van der Waals surface area contributed by atoms with E-state index in [1.54, 1.807) is 12.1 Å². The fourth-order valence-corrected chi connectivity index (χ4v) is 2.50. The Labute approximate surface area is 111 Å². The van der Waals surface area contributed by atoms with E-state index in [0.29, 0.717) is 6.42 Å². The number of phenolic OH excluding ortho intramolecular Hbond substituents is 1. The molecule has 1 heterocycles. The lowest BCUT2D eigenvalue weighted by Gasteiger charge is -2.27. The number of ether oxygens (including phenoxy) is 1. The van der Waals surface area contributed by atoms with Crippen LogP contribution < -0.4 is 4.74 Å². The highest BCUT2D eigenvalue weighted by molar-refractivity contribution is 7.80. The first-order valence-electron chi connectivity index (χ1n) is 5.82. The van der Waals surface area contributed by atoms with Gasteiger partial charge < -0.3 is 9.84 Å². The number of phenols is 1. The average Bonchev–Trinajstić information content (AvgIpc) is 2.39. The lowest BCUT2D eigenvalue weighted by Crippen LogP contribution is -2.19. The van der Waals surface area contributed by atoms with E-state index in [0.717, 1.165) is 21.7 Å². The van der Waals surface area contributed by atoms with Crippen LogP contribution >= 0.6 is 12.2 Å². The average molecular weight is 256 g/mol. The molecule has 1 N–H and O–H groups in total. The number of fused-ring (bicyclic) bond motifs is 1. The lowest BCUT2D eigenvalue weighted by molar-refractivity contribution is 0.207. The number of hydrogen-bond acceptors (Lipinski definition) is 3. The van der Waals surface area contributed by atoms with E-state index in [4.69, 9.17) is 17.0 Å². The second-order valence-electron chi connectivity index (χ2n) is 4.32. The molecular formula is C15H12O2S. The maximum absolute atomic E-state index is 9.52. The van der Waals surface area contributed by atoms with Gasteiger partial charge in [0, 0.05) is 16.8 Å². The van der Waals surface area contributed by atoms with Crippen molar-refractivity contribution >= 4 is 17.1 Å². The number of rotatable bonds is 1. The van der Waals surface area contributed by atoms with Gasteiger partial charge in [0.15, 0.2) is 0 Å². The third kappa shape index (κ3) is 1.97. The normalized spacial score (nSPS) is 18.0. The maximum atomic E-state index is 9.52. The highest BCUT2D eigenvalue weighted by Gasteiger charge is 2.24. The summed E-state index contributed by atoms with van der Waals surface area (Å²) >= 11 is 5.43. The molecule has 0 bridgehead atoms. The SMILES string of the molecule is Oc1cccc(C2CC(=S)c3ccccc3O2)c1. The van der Waals surface area contributed by atoms with E-state index in [-0.39, 0.29) is 11.9 Å². The molecule has 2 nitrogen and oxygen atoms in total. The number of hydrogen-bond donors (Lipinski definition) is 1. The molecule has 0 aromatic heterocycles. The number of para-hydroxylation sites is 1. The van der Waals surface area contributed by atoms with Crippen LogP contribution in [0.1, 0.15) is 23.7 Å². The Morgan fingerprint density at radius 1 is 1.11 bits per heavy atom. The molecule has 1 unspecified atom stereocenters. The van der Waals surface area contributed by atoms with Crippen LogP contribution in [-0.2, 0) is 0 Å². The van der Waals surface area contributed by atoms with Gasteiger partial charge in [0.1, 0.15) is 17.6 Å². The Morgan fingerprint density at radius 3 is 2.78 bits per heavy atom. The van der Waals surface area contributed by atoms with E-state index < -0.39 is 0 Å². The van der Waals surface area contributed by atoms with Gasteiger partial charge in [0.25, 0.3) is 0 Å². The van der Waals surface area contributed by atoms with Gasteiger partial charge in [-0.05, 0) is 23.8 Å². The summed E-state index contributed by atoms with van der Waals surface area (Å²) in [6.45, 7) is 0. The molecule has 3 heteroatoms. The number of aromatic hydroxyl groups is 1. The standard InChI is InChI=1S/C15H12O2S/c16-11-5-3-4-10(8-11)14-9-15(18)12-6-1-2-7-13(12)17-14/h1-8,14,16H,9H2. The monoisotopic (exact) mass is 256 g/mol. The van der Waals surface area contributed by atoms with Crippen molar-refractivity contribution in [2.45, 2.75) is 12.5 Å². The van der Waals surface area contributed by atoms with Gasteiger partial charge in [-0.25, -0.2) is 0 Å². The molecule has 0 aliphatic carbocycles. The summed E-state index contributed by atoms with van der Waals surface area (Å²) in [5, 5.41) is 9.52. The van der Waals surface area contributed by atoms with E-state index in [1.165, 1.54) is 0 Å². The minimum Gasteiger partial charge on any atom is -0.508 e. The van der Waals surface area contributed by atoms with E-state index in [2.05, 4.69) is 0 Å². The summed E-state index contributed by atoms with van der Waals surface area (Å²) in [7, 11) is 0. The minimum absolute atomic E-state index is 0.112. The summed E-state index contributed by atoms with van der Waals surface area (Å²) in [4.78, 5) is 0.908. The molecule has 2 aromatic carbocycles. The Morgan fingerprint density at radius 2 is 1.94 bits per heavy atom. The summed E-state index contributed by atoms with van der Waals surface area (Å²) in [5.74, 6) is 1.07. The molecule has 90 valence electrons. The third-order valence-corrected chi connectivity index (χ3v) is 3.46. The minimum atomic E-state index is -0.112. The zero-order valence-electron chi connectivity index (χ0n) is 9.67. The first-order valence-corrected chi connectivity index (χ1v) is 6.22. The topological polar surface area (TPSA) is 29.5 Å². The Hall–Kier alpha value is -1.87.